The van der Waals surface area contributed by atoms with Gasteiger partial charge in [-0.15, -0.1) is 0 Å². The molecule has 0 spiro atoms. The fourth-order valence-corrected chi connectivity index (χ4v) is 3.68. The molecule has 1 unspecified atom stereocenters. The number of carbonyl (C=O) groups excluding carboxylic acids is 1. The Morgan fingerprint density at radius 1 is 1.10 bits per heavy atom. The van der Waals surface area contributed by atoms with Crippen LogP contribution in [0.1, 0.15) is 29.1 Å². The Kier molecular flexibility index (Phi) is 4.44. The number of aromatic nitrogens is 5. The zero-order valence-corrected chi connectivity index (χ0v) is 16.7. The Morgan fingerprint density at radius 2 is 1.93 bits per heavy atom. The first kappa shape index (κ1) is 18.3. The van der Waals surface area contributed by atoms with Gasteiger partial charge in [0, 0.05) is 28.4 Å². The first-order chi connectivity index (χ1) is 14.6. The molecule has 5 rings (SSSR count). The van der Waals surface area contributed by atoms with Crippen LogP contribution in [0.2, 0.25) is 5.02 Å². The van der Waals surface area contributed by atoms with Crippen molar-refractivity contribution in [1.82, 2.24) is 30.5 Å². The van der Waals surface area contributed by atoms with Crippen molar-refractivity contribution in [3.8, 4) is 11.3 Å². The van der Waals surface area contributed by atoms with Gasteiger partial charge >= 0.3 is 0 Å². The quantitative estimate of drug-likeness (QED) is 0.397. The minimum atomic E-state index is -0.283. The Balaban J connectivity index is 1.46. The number of H-pyrrole nitrogens is 2. The molecule has 3 aromatic heterocycles. The second-order valence-electron chi connectivity index (χ2n) is 7.06. The molecule has 3 heterocycles. The van der Waals surface area contributed by atoms with Gasteiger partial charge < -0.3 is 10.3 Å². The molecular weight excluding hydrogens is 400 g/mol. The average Bonchev–Trinajstić information content (AvgIpc) is 3.36. The number of fused-ring (bicyclic) bond motifs is 2. The molecule has 7 nitrogen and oxygen atoms in total. The molecule has 0 bridgehead atoms. The lowest BCUT2D eigenvalue weighted by Crippen LogP contribution is -2.27. The molecule has 0 aliphatic heterocycles. The van der Waals surface area contributed by atoms with Crippen LogP contribution in [0.25, 0.3) is 33.2 Å². The lowest BCUT2D eigenvalue weighted by atomic mass is 10.1. The van der Waals surface area contributed by atoms with Crippen LogP contribution in [0.15, 0.2) is 60.9 Å². The summed E-state index contributed by atoms with van der Waals surface area (Å²) in [6, 6.07) is 14.9. The maximum absolute atomic E-state index is 12.7. The molecule has 8 heteroatoms. The van der Waals surface area contributed by atoms with E-state index in [1.54, 1.807) is 18.5 Å². The van der Waals surface area contributed by atoms with Crippen LogP contribution >= 0.6 is 11.6 Å². The highest BCUT2D eigenvalue weighted by Gasteiger charge is 2.17. The summed E-state index contributed by atoms with van der Waals surface area (Å²) < 4.78 is 0. The van der Waals surface area contributed by atoms with Gasteiger partial charge in [-0.3, -0.25) is 14.9 Å². The summed E-state index contributed by atoms with van der Waals surface area (Å²) in [4.78, 5) is 24.4. The zero-order chi connectivity index (χ0) is 20.7. The number of halogens is 1. The molecule has 0 radical (unpaired) electrons. The van der Waals surface area contributed by atoms with Crippen molar-refractivity contribution in [3.63, 3.8) is 0 Å². The fourth-order valence-electron chi connectivity index (χ4n) is 3.48. The second-order valence-corrected chi connectivity index (χ2v) is 7.50. The summed E-state index contributed by atoms with van der Waals surface area (Å²) in [7, 11) is 0. The SMILES string of the molecule is CC(NC(=O)c1nc2cc3c(-c4ccncc4)n[nH]c3cc2[nH]1)c1cccc(Cl)c1. The largest absolute Gasteiger partial charge is 0.343 e. The number of nitrogens with one attached hydrogen (secondary N) is 3. The normalized spacial score (nSPS) is 12.3. The standard InChI is InChI=1S/C22H17ClN6O/c1-12(14-3-2-4-15(23)9-14)25-22(30)21-26-18-10-16-17(11-19(18)27-21)28-29-20(16)13-5-7-24-8-6-13/h2-12H,1H3,(H,25,30)(H,26,27)(H,28,29). The van der Waals surface area contributed by atoms with Crippen LogP contribution in [0.4, 0.5) is 0 Å². The molecule has 0 aliphatic carbocycles. The van der Waals surface area contributed by atoms with Gasteiger partial charge in [-0.05, 0) is 48.9 Å². The van der Waals surface area contributed by atoms with Crippen molar-refractivity contribution in [3.05, 3.63) is 77.3 Å². The van der Waals surface area contributed by atoms with Crippen molar-refractivity contribution in [2.75, 3.05) is 0 Å². The van der Waals surface area contributed by atoms with Crippen LogP contribution in [0.5, 0.6) is 0 Å². The number of amides is 1. The summed E-state index contributed by atoms with van der Waals surface area (Å²) in [5, 5.41) is 12.0. The number of pyridine rings is 1. The molecule has 0 saturated carbocycles. The third-order valence-electron chi connectivity index (χ3n) is 5.03. The molecular formula is C22H17ClN6O. The minimum absolute atomic E-state index is 0.207. The predicted molar refractivity (Wildman–Crippen MR) is 116 cm³/mol. The summed E-state index contributed by atoms with van der Waals surface area (Å²) in [6.07, 6.45) is 3.46. The summed E-state index contributed by atoms with van der Waals surface area (Å²) in [6.45, 7) is 1.90. The molecule has 0 aliphatic rings. The van der Waals surface area contributed by atoms with Gasteiger partial charge in [-0.2, -0.15) is 5.10 Å². The summed E-state index contributed by atoms with van der Waals surface area (Å²) in [5.41, 5.74) is 5.01. The number of nitrogens with zero attached hydrogens (tertiary/aromatic N) is 3. The number of rotatable bonds is 4. The molecule has 3 N–H and O–H groups in total. The van der Waals surface area contributed by atoms with E-state index in [1.165, 1.54) is 0 Å². The number of hydrogen-bond donors (Lipinski definition) is 3. The van der Waals surface area contributed by atoms with Gasteiger partial charge in [-0.1, -0.05) is 23.7 Å². The van der Waals surface area contributed by atoms with E-state index in [1.807, 2.05) is 49.4 Å². The highest BCUT2D eigenvalue weighted by atomic mass is 35.5. The topological polar surface area (TPSA) is 99.3 Å². The molecule has 1 atom stereocenters. The minimum Gasteiger partial charge on any atom is -0.343 e. The number of hydrogen-bond acceptors (Lipinski definition) is 4. The number of imidazole rings is 1. The van der Waals surface area contributed by atoms with E-state index in [9.17, 15) is 4.79 Å². The fraction of sp³-hybridized carbons (Fsp3) is 0.0909. The molecule has 2 aromatic carbocycles. The van der Waals surface area contributed by atoms with Gasteiger partial charge in [0.05, 0.1) is 22.6 Å². The third kappa shape index (κ3) is 3.29. The van der Waals surface area contributed by atoms with E-state index in [-0.39, 0.29) is 17.8 Å². The maximum atomic E-state index is 12.7. The molecule has 148 valence electrons. The number of benzene rings is 2. The van der Waals surface area contributed by atoms with Crippen molar-refractivity contribution in [2.24, 2.45) is 0 Å². The number of carbonyl (C=O) groups is 1. The van der Waals surface area contributed by atoms with Crippen molar-refractivity contribution in [1.29, 1.82) is 0 Å². The lowest BCUT2D eigenvalue weighted by Gasteiger charge is -2.13. The first-order valence-corrected chi connectivity index (χ1v) is 9.81. The van der Waals surface area contributed by atoms with Gasteiger partial charge in [-0.25, -0.2) is 4.98 Å². The summed E-state index contributed by atoms with van der Waals surface area (Å²) in [5.74, 6) is -0.0280. The highest BCUT2D eigenvalue weighted by molar-refractivity contribution is 6.30. The monoisotopic (exact) mass is 416 g/mol. The number of aromatic amines is 2. The molecule has 1 amide bonds. The third-order valence-corrected chi connectivity index (χ3v) is 5.26. The summed E-state index contributed by atoms with van der Waals surface area (Å²) >= 11 is 6.05. The van der Waals surface area contributed by atoms with Crippen LogP contribution in [-0.2, 0) is 0 Å². The second kappa shape index (κ2) is 7.27. The van der Waals surface area contributed by atoms with E-state index in [0.717, 1.165) is 33.2 Å². The smallest absolute Gasteiger partial charge is 0.287 e. The Hall–Kier alpha value is -3.71. The zero-order valence-electron chi connectivity index (χ0n) is 16.0. The van der Waals surface area contributed by atoms with E-state index in [4.69, 9.17) is 11.6 Å². The first-order valence-electron chi connectivity index (χ1n) is 9.43. The van der Waals surface area contributed by atoms with Crippen LogP contribution in [0.3, 0.4) is 0 Å². The Bertz CT molecular complexity index is 1370. The van der Waals surface area contributed by atoms with Crippen molar-refractivity contribution < 1.29 is 4.79 Å². The Labute approximate surface area is 176 Å². The average molecular weight is 417 g/mol. The highest BCUT2D eigenvalue weighted by Crippen LogP contribution is 2.29. The molecule has 30 heavy (non-hydrogen) atoms. The van der Waals surface area contributed by atoms with Crippen LogP contribution in [0, 0.1) is 0 Å². The van der Waals surface area contributed by atoms with E-state index < -0.39 is 0 Å². The van der Waals surface area contributed by atoms with Gasteiger partial charge in [0.1, 0.15) is 5.69 Å². The lowest BCUT2D eigenvalue weighted by molar-refractivity contribution is 0.0930. The maximum Gasteiger partial charge on any atom is 0.287 e. The predicted octanol–water partition coefficient (Wildman–Crippen LogP) is 4.65. The van der Waals surface area contributed by atoms with E-state index >= 15 is 0 Å². The van der Waals surface area contributed by atoms with Crippen molar-refractivity contribution >= 4 is 39.4 Å². The van der Waals surface area contributed by atoms with Crippen LogP contribution in [-0.4, -0.2) is 31.1 Å². The van der Waals surface area contributed by atoms with Crippen molar-refractivity contribution in [2.45, 2.75) is 13.0 Å². The molecule has 5 aromatic rings. The van der Waals surface area contributed by atoms with Crippen LogP contribution < -0.4 is 5.32 Å². The van der Waals surface area contributed by atoms with Gasteiger partial charge in [0.25, 0.3) is 5.91 Å². The van der Waals surface area contributed by atoms with Gasteiger partial charge in [0.2, 0.25) is 0 Å². The van der Waals surface area contributed by atoms with Gasteiger partial charge in [0.15, 0.2) is 5.82 Å². The molecule has 0 saturated heterocycles. The Morgan fingerprint density at radius 3 is 2.73 bits per heavy atom. The van der Waals surface area contributed by atoms with E-state index in [0.29, 0.717) is 10.5 Å². The van der Waals surface area contributed by atoms with E-state index in [2.05, 4.69) is 30.5 Å². The molecule has 0 fully saturated rings.